The first kappa shape index (κ1) is 21.3. The Kier molecular flexibility index (Phi) is 6.39. The molecule has 3 aromatic rings. The minimum absolute atomic E-state index is 0.168. The molecule has 0 unspecified atom stereocenters. The predicted molar refractivity (Wildman–Crippen MR) is 128 cm³/mol. The highest BCUT2D eigenvalue weighted by atomic mass is 16.7. The maximum atomic E-state index is 12.6. The normalized spacial score (nSPS) is 15.5. The molecule has 2 aromatic carbocycles. The summed E-state index contributed by atoms with van der Waals surface area (Å²) in [5, 5.41) is 6.63. The van der Waals surface area contributed by atoms with E-state index >= 15 is 0 Å². The van der Waals surface area contributed by atoms with E-state index in [1.165, 1.54) is 5.69 Å². The van der Waals surface area contributed by atoms with Crippen LogP contribution in [-0.2, 0) is 6.42 Å². The van der Waals surface area contributed by atoms with Crippen LogP contribution < -0.4 is 25.0 Å². The van der Waals surface area contributed by atoms with E-state index < -0.39 is 0 Å². The van der Waals surface area contributed by atoms with Crippen molar-refractivity contribution in [3.63, 3.8) is 0 Å². The second kappa shape index (κ2) is 9.92. The molecule has 0 atom stereocenters. The number of nitrogens with zero attached hydrogens (tertiary/aromatic N) is 2. The number of hydrogen-bond acceptors (Lipinski definition) is 6. The van der Waals surface area contributed by atoms with E-state index in [2.05, 4.69) is 38.7 Å². The average molecular weight is 445 g/mol. The molecule has 0 spiro atoms. The van der Waals surface area contributed by atoms with E-state index in [4.69, 9.17) is 9.47 Å². The summed E-state index contributed by atoms with van der Waals surface area (Å²) in [5.74, 6) is 1.11. The van der Waals surface area contributed by atoms with Crippen molar-refractivity contribution in [2.24, 2.45) is 0 Å². The molecule has 1 saturated heterocycles. The number of aromatic nitrogens is 1. The van der Waals surface area contributed by atoms with Crippen molar-refractivity contribution >= 4 is 17.3 Å². The Morgan fingerprint density at radius 2 is 1.82 bits per heavy atom. The molecule has 0 radical (unpaired) electrons. The molecule has 1 amide bonds. The van der Waals surface area contributed by atoms with E-state index in [1.807, 2.05) is 30.5 Å². The minimum atomic E-state index is -0.168. The molecule has 0 aliphatic carbocycles. The molecular weight excluding hydrogens is 416 g/mol. The van der Waals surface area contributed by atoms with Crippen LogP contribution in [0.5, 0.6) is 11.5 Å². The minimum Gasteiger partial charge on any atom is -0.454 e. The van der Waals surface area contributed by atoms with Crippen molar-refractivity contribution in [1.29, 1.82) is 0 Å². The summed E-state index contributed by atoms with van der Waals surface area (Å²) >= 11 is 0. The van der Waals surface area contributed by atoms with E-state index in [0.29, 0.717) is 23.1 Å². The molecule has 3 heterocycles. The molecule has 5 rings (SSSR count). The van der Waals surface area contributed by atoms with E-state index in [0.717, 1.165) is 50.3 Å². The lowest BCUT2D eigenvalue weighted by Crippen LogP contribution is -2.43. The van der Waals surface area contributed by atoms with Gasteiger partial charge in [0, 0.05) is 60.9 Å². The van der Waals surface area contributed by atoms with Crippen molar-refractivity contribution in [1.82, 2.24) is 10.3 Å². The van der Waals surface area contributed by atoms with Crippen LogP contribution in [0.25, 0.3) is 0 Å². The number of rotatable bonds is 7. The number of carbonyl (C=O) groups is 1. The number of piperidine rings is 1. The number of anilines is 2. The number of amides is 1. The van der Waals surface area contributed by atoms with Gasteiger partial charge in [0.1, 0.15) is 0 Å². The molecule has 2 aliphatic rings. The summed E-state index contributed by atoms with van der Waals surface area (Å²) in [6.07, 6.45) is 5.04. The number of ether oxygens (including phenoxy) is 2. The van der Waals surface area contributed by atoms with Gasteiger partial charge in [-0.1, -0.05) is 6.07 Å². The van der Waals surface area contributed by atoms with Gasteiger partial charge in [0.15, 0.2) is 11.5 Å². The summed E-state index contributed by atoms with van der Waals surface area (Å²) in [5.41, 5.74) is 3.63. The molecule has 170 valence electrons. The van der Waals surface area contributed by atoms with Gasteiger partial charge in [-0.25, -0.2) is 0 Å². The predicted octanol–water partition coefficient (Wildman–Crippen LogP) is 3.86. The van der Waals surface area contributed by atoms with Crippen LogP contribution in [0.15, 0.2) is 66.9 Å². The standard InChI is InChI=1S/C26H28N4O3/c31-26(19-4-9-24-25(17-19)33-18-32-24)29-22-5-7-23(8-6-22)30-15-11-21(12-16-30)28-14-10-20-3-1-2-13-27-20/h1-9,13,17,21,28H,10-12,14-16,18H2,(H,29,31). The fourth-order valence-corrected chi connectivity index (χ4v) is 4.29. The first-order valence-electron chi connectivity index (χ1n) is 11.4. The fourth-order valence-electron chi connectivity index (χ4n) is 4.29. The highest BCUT2D eigenvalue weighted by Crippen LogP contribution is 2.32. The lowest BCUT2D eigenvalue weighted by Gasteiger charge is -2.34. The summed E-state index contributed by atoms with van der Waals surface area (Å²) < 4.78 is 10.7. The third-order valence-corrected chi connectivity index (χ3v) is 6.16. The first-order valence-corrected chi connectivity index (χ1v) is 11.4. The van der Waals surface area contributed by atoms with Crippen LogP contribution in [0, 0.1) is 0 Å². The SMILES string of the molecule is O=C(Nc1ccc(N2CCC(NCCc3ccccn3)CC2)cc1)c1ccc2c(c1)OCO2. The molecule has 0 bridgehead atoms. The van der Waals surface area contributed by atoms with E-state index in [9.17, 15) is 4.79 Å². The summed E-state index contributed by atoms with van der Waals surface area (Å²) in [6.45, 7) is 3.19. The third kappa shape index (κ3) is 5.26. The maximum absolute atomic E-state index is 12.6. The molecule has 2 aliphatic heterocycles. The molecule has 1 aromatic heterocycles. The zero-order chi connectivity index (χ0) is 22.5. The van der Waals surface area contributed by atoms with Crippen molar-refractivity contribution in [3.05, 3.63) is 78.1 Å². The molecule has 7 nitrogen and oxygen atoms in total. The average Bonchev–Trinajstić information content (AvgIpc) is 3.34. The number of hydrogen-bond donors (Lipinski definition) is 2. The molecule has 7 heteroatoms. The second-order valence-corrected chi connectivity index (χ2v) is 8.36. The second-order valence-electron chi connectivity index (χ2n) is 8.36. The summed E-state index contributed by atoms with van der Waals surface area (Å²) in [7, 11) is 0. The molecular formula is C26H28N4O3. The number of benzene rings is 2. The summed E-state index contributed by atoms with van der Waals surface area (Å²) in [6, 6.07) is 19.9. The quantitative estimate of drug-likeness (QED) is 0.576. The van der Waals surface area contributed by atoms with Gasteiger partial charge < -0.3 is 25.0 Å². The Bertz CT molecular complexity index is 1080. The van der Waals surface area contributed by atoms with Crippen molar-refractivity contribution < 1.29 is 14.3 Å². The van der Waals surface area contributed by atoms with Gasteiger partial charge in [-0.2, -0.15) is 0 Å². The molecule has 0 saturated carbocycles. The fraction of sp³-hybridized carbons (Fsp3) is 0.308. The Morgan fingerprint density at radius 1 is 1.00 bits per heavy atom. The summed E-state index contributed by atoms with van der Waals surface area (Å²) in [4.78, 5) is 19.4. The van der Waals surface area contributed by atoms with Crippen molar-refractivity contribution in [3.8, 4) is 11.5 Å². The molecule has 1 fully saturated rings. The van der Waals surface area contributed by atoms with Gasteiger partial charge in [-0.15, -0.1) is 0 Å². The topological polar surface area (TPSA) is 75.7 Å². The van der Waals surface area contributed by atoms with Crippen molar-refractivity contribution in [2.45, 2.75) is 25.3 Å². The lowest BCUT2D eigenvalue weighted by atomic mass is 10.0. The van der Waals surface area contributed by atoms with Crippen LogP contribution in [-0.4, -0.2) is 43.4 Å². The zero-order valence-corrected chi connectivity index (χ0v) is 18.5. The largest absolute Gasteiger partial charge is 0.454 e. The Morgan fingerprint density at radius 3 is 2.61 bits per heavy atom. The van der Waals surface area contributed by atoms with Gasteiger partial charge in [-0.3, -0.25) is 9.78 Å². The van der Waals surface area contributed by atoms with Gasteiger partial charge in [0.05, 0.1) is 0 Å². The number of fused-ring (bicyclic) bond motifs is 1. The Labute approximate surface area is 193 Å². The lowest BCUT2D eigenvalue weighted by molar-refractivity contribution is 0.102. The van der Waals surface area contributed by atoms with Crippen LogP contribution in [0.4, 0.5) is 11.4 Å². The smallest absolute Gasteiger partial charge is 0.255 e. The Hall–Kier alpha value is -3.58. The number of pyridine rings is 1. The molecule has 33 heavy (non-hydrogen) atoms. The van der Waals surface area contributed by atoms with Gasteiger partial charge in [-0.05, 0) is 67.4 Å². The van der Waals surface area contributed by atoms with Crippen LogP contribution in [0.2, 0.25) is 0 Å². The van der Waals surface area contributed by atoms with Crippen molar-refractivity contribution in [2.75, 3.05) is 36.6 Å². The van der Waals surface area contributed by atoms with Crippen LogP contribution in [0.1, 0.15) is 28.9 Å². The highest BCUT2D eigenvalue weighted by Gasteiger charge is 2.19. The number of nitrogens with one attached hydrogen (secondary N) is 2. The van der Waals surface area contributed by atoms with Gasteiger partial charge in [0.25, 0.3) is 5.91 Å². The first-order chi connectivity index (χ1) is 16.2. The highest BCUT2D eigenvalue weighted by molar-refractivity contribution is 6.04. The maximum Gasteiger partial charge on any atom is 0.255 e. The monoisotopic (exact) mass is 444 g/mol. The van der Waals surface area contributed by atoms with Crippen LogP contribution >= 0.6 is 0 Å². The van der Waals surface area contributed by atoms with E-state index in [-0.39, 0.29) is 12.7 Å². The third-order valence-electron chi connectivity index (χ3n) is 6.16. The van der Waals surface area contributed by atoms with Gasteiger partial charge in [0.2, 0.25) is 6.79 Å². The Balaban J connectivity index is 1.09. The number of carbonyl (C=O) groups excluding carboxylic acids is 1. The van der Waals surface area contributed by atoms with E-state index in [1.54, 1.807) is 18.2 Å². The van der Waals surface area contributed by atoms with Gasteiger partial charge >= 0.3 is 0 Å². The van der Waals surface area contributed by atoms with Crippen LogP contribution in [0.3, 0.4) is 0 Å². The molecule has 2 N–H and O–H groups in total. The zero-order valence-electron chi connectivity index (χ0n) is 18.5.